The third-order valence-corrected chi connectivity index (χ3v) is 3.11. The molecule has 0 fully saturated rings. The lowest BCUT2D eigenvalue weighted by Gasteiger charge is -2.00. The fourth-order valence-corrected chi connectivity index (χ4v) is 2.14. The zero-order valence-electron chi connectivity index (χ0n) is 10.1. The molecule has 2 rings (SSSR count). The van der Waals surface area contributed by atoms with Crippen LogP contribution in [0.3, 0.4) is 0 Å². The second-order valence-electron chi connectivity index (χ2n) is 4.31. The van der Waals surface area contributed by atoms with Crippen molar-refractivity contribution < 1.29 is 0 Å². The number of rotatable bonds is 2. The summed E-state index contributed by atoms with van der Waals surface area (Å²) in [6.45, 7) is 4.26. The first-order valence-corrected chi connectivity index (χ1v) is 6.45. The Labute approximate surface area is 111 Å². The molecule has 0 amide bonds. The smallest absolute Gasteiger partial charge is 0.0175 e. The van der Waals surface area contributed by atoms with Gasteiger partial charge in [0.15, 0.2) is 0 Å². The Bertz CT molecular complexity index is 516. The Balaban J connectivity index is 2.22. The van der Waals surface area contributed by atoms with Crippen molar-refractivity contribution in [2.24, 2.45) is 0 Å². The fourth-order valence-electron chi connectivity index (χ4n) is 1.87. The summed E-state index contributed by atoms with van der Waals surface area (Å²) < 4.78 is 1.11. The van der Waals surface area contributed by atoms with Gasteiger partial charge in [-0.05, 0) is 37.1 Å². The van der Waals surface area contributed by atoms with Crippen molar-refractivity contribution in [3.8, 4) is 0 Å². The van der Waals surface area contributed by atoms with Crippen molar-refractivity contribution in [2.75, 3.05) is 0 Å². The van der Waals surface area contributed by atoms with Crippen LogP contribution in [-0.4, -0.2) is 0 Å². The van der Waals surface area contributed by atoms with E-state index in [0.29, 0.717) is 0 Å². The molecule has 2 aromatic carbocycles. The third kappa shape index (κ3) is 3.57. The highest BCUT2D eigenvalue weighted by molar-refractivity contribution is 9.10. The Hall–Kier alpha value is -1.34. The van der Waals surface area contributed by atoms with Gasteiger partial charge in [-0.2, -0.15) is 0 Å². The van der Waals surface area contributed by atoms with Crippen molar-refractivity contribution in [3.05, 3.63) is 69.2 Å². The maximum atomic E-state index is 3.44. The molecule has 0 radical (unpaired) electrons. The molecule has 0 heterocycles. The number of aryl methyl sites for hydroxylation is 2. The third-order valence-electron chi connectivity index (χ3n) is 2.58. The highest BCUT2D eigenvalue weighted by Gasteiger charge is 1.92. The van der Waals surface area contributed by atoms with Gasteiger partial charge < -0.3 is 0 Å². The Morgan fingerprint density at radius 3 is 1.88 bits per heavy atom. The molecular formula is C16H15Br. The van der Waals surface area contributed by atoms with Crippen LogP contribution in [0.15, 0.2) is 46.9 Å². The van der Waals surface area contributed by atoms with Crippen molar-refractivity contribution in [1.82, 2.24) is 0 Å². The van der Waals surface area contributed by atoms with Gasteiger partial charge in [-0.3, -0.25) is 0 Å². The summed E-state index contributed by atoms with van der Waals surface area (Å²) in [6.07, 6.45) is 4.30. The van der Waals surface area contributed by atoms with Gasteiger partial charge in [0.1, 0.15) is 0 Å². The summed E-state index contributed by atoms with van der Waals surface area (Å²) in [5.74, 6) is 0. The Morgan fingerprint density at radius 2 is 1.29 bits per heavy atom. The van der Waals surface area contributed by atoms with Crippen molar-refractivity contribution in [2.45, 2.75) is 13.8 Å². The van der Waals surface area contributed by atoms with Gasteiger partial charge in [0, 0.05) is 4.47 Å². The number of benzene rings is 2. The second kappa shape index (κ2) is 5.33. The number of hydrogen-bond donors (Lipinski definition) is 0. The average Bonchev–Trinajstić information content (AvgIpc) is 2.27. The monoisotopic (exact) mass is 286 g/mol. The van der Waals surface area contributed by atoms with Crippen molar-refractivity contribution >= 4 is 28.1 Å². The topological polar surface area (TPSA) is 0 Å². The van der Waals surface area contributed by atoms with Crippen molar-refractivity contribution in [1.29, 1.82) is 0 Å². The van der Waals surface area contributed by atoms with Gasteiger partial charge in [0.25, 0.3) is 0 Å². The minimum absolute atomic E-state index is 1.11. The zero-order chi connectivity index (χ0) is 12.3. The molecule has 0 saturated heterocycles. The molecule has 0 atom stereocenters. The number of hydrogen-bond acceptors (Lipinski definition) is 0. The molecule has 0 bridgehead atoms. The lowest BCUT2D eigenvalue weighted by molar-refractivity contribution is 1.37. The molecule has 0 unspecified atom stereocenters. The minimum atomic E-state index is 1.11. The molecule has 0 aliphatic carbocycles. The highest BCUT2D eigenvalue weighted by atomic mass is 79.9. The first kappa shape index (κ1) is 12.1. The predicted molar refractivity (Wildman–Crippen MR) is 79.0 cm³/mol. The van der Waals surface area contributed by atoms with Gasteiger partial charge in [-0.1, -0.05) is 69.5 Å². The van der Waals surface area contributed by atoms with Crippen LogP contribution in [0, 0.1) is 13.8 Å². The molecule has 0 N–H and O–H groups in total. The van der Waals surface area contributed by atoms with E-state index in [4.69, 9.17) is 0 Å². The second-order valence-corrected chi connectivity index (χ2v) is 5.22. The molecule has 0 aromatic heterocycles. The summed E-state index contributed by atoms with van der Waals surface area (Å²) in [5, 5.41) is 0. The van der Waals surface area contributed by atoms with E-state index in [-0.39, 0.29) is 0 Å². The van der Waals surface area contributed by atoms with Crippen LogP contribution in [0.2, 0.25) is 0 Å². The summed E-state index contributed by atoms with van der Waals surface area (Å²) in [7, 11) is 0. The first-order chi connectivity index (χ1) is 8.13. The molecule has 0 nitrogen and oxygen atoms in total. The summed E-state index contributed by atoms with van der Waals surface area (Å²) >= 11 is 3.44. The standard InChI is InChI=1S/C16H15Br/c1-12-9-13(2)11-15(10-12)4-3-14-5-7-16(17)8-6-14/h3-11H,1-2H3/b4-3+. The SMILES string of the molecule is Cc1cc(C)cc(/C=C/c2ccc(Br)cc2)c1. The van der Waals surface area contributed by atoms with E-state index in [9.17, 15) is 0 Å². The first-order valence-electron chi connectivity index (χ1n) is 5.65. The summed E-state index contributed by atoms with van der Waals surface area (Å²) in [6, 6.07) is 14.9. The maximum absolute atomic E-state index is 3.44. The summed E-state index contributed by atoms with van der Waals surface area (Å²) in [4.78, 5) is 0. The van der Waals surface area contributed by atoms with E-state index in [1.54, 1.807) is 0 Å². The van der Waals surface area contributed by atoms with E-state index < -0.39 is 0 Å². The lowest BCUT2D eigenvalue weighted by Crippen LogP contribution is -1.80. The lowest BCUT2D eigenvalue weighted by atomic mass is 10.1. The Kier molecular flexibility index (Phi) is 3.80. The van der Waals surface area contributed by atoms with E-state index in [1.165, 1.54) is 22.3 Å². The molecule has 2 aromatic rings. The molecule has 1 heteroatoms. The Morgan fingerprint density at radius 1 is 0.765 bits per heavy atom. The van der Waals surface area contributed by atoms with E-state index in [1.807, 2.05) is 0 Å². The van der Waals surface area contributed by atoms with Crippen LogP contribution in [0.25, 0.3) is 12.2 Å². The molecular weight excluding hydrogens is 272 g/mol. The van der Waals surface area contributed by atoms with Crippen LogP contribution >= 0.6 is 15.9 Å². The molecule has 0 spiro atoms. The van der Waals surface area contributed by atoms with E-state index in [0.717, 1.165) is 4.47 Å². The molecule has 0 aliphatic rings. The summed E-state index contributed by atoms with van der Waals surface area (Å²) in [5.41, 5.74) is 5.08. The molecule has 0 aliphatic heterocycles. The van der Waals surface area contributed by atoms with Crippen molar-refractivity contribution in [3.63, 3.8) is 0 Å². The predicted octanol–water partition coefficient (Wildman–Crippen LogP) is 5.24. The zero-order valence-corrected chi connectivity index (χ0v) is 11.7. The normalized spacial score (nSPS) is 11.0. The fraction of sp³-hybridized carbons (Fsp3) is 0.125. The van der Waals surface area contributed by atoms with E-state index >= 15 is 0 Å². The minimum Gasteiger partial charge on any atom is -0.0563 e. The molecule has 86 valence electrons. The van der Waals surface area contributed by atoms with Gasteiger partial charge in [0.05, 0.1) is 0 Å². The van der Waals surface area contributed by atoms with Crippen LogP contribution in [0.1, 0.15) is 22.3 Å². The van der Waals surface area contributed by atoms with Crippen LogP contribution in [0.5, 0.6) is 0 Å². The van der Waals surface area contributed by atoms with Crippen LogP contribution < -0.4 is 0 Å². The highest BCUT2D eigenvalue weighted by Crippen LogP contribution is 2.15. The maximum Gasteiger partial charge on any atom is 0.0175 e. The largest absolute Gasteiger partial charge is 0.0563 e. The van der Waals surface area contributed by atoms with Gasteiger partial charge in [0.2, 0.25) is 0 Å². The van der Waals surface area contributed by atoms with E-state index in [2.05, 4.69) is 84.4 Å². The van der Waals surface area contributed by atoms with Gasteiger partial charge in [-0.25, -0.2) is 0 Å². The van der Waals surface area contributed by atoms with Crippen LogP contribution in [-0.2, 0) is 0 Å². The molecule has 0 saturated carbocycles. The van der Waals surface area contributed by atoms with Gasteiger partial charge >= 0.3 is 0 Å². The average molecular weight is 287 g/mol. The number of halogens is 1. The van der Waals surface area contributed by atoms with Gasteiger partial charge in [-0.15, -0.1) is 0 Å². The quantitative estimate of drug-likeness (QED) is 0.663. The molecule has 17 heavy (non-hydrogen) atoms. The van der Waals surface area contributed by atoms with Crippen LogP contribution in [0.4, 0.5) is 0 Å².